The van der Waals surface area contributed by atoms with Gasteiger partial charge in [0, 0.05) is 51.8 Å². The van der Waals surface area contributed by atoms with Crippen molar-refractivity contribution in [3.8, 4) is 5.88 Å². The summed E-state index contributed by atoms with van der Waals surface area (Å²) in [4.78, 5) is 27.1. The molecular formula is C13H20N4O3S. The van der Waals surface area contributed by atoms with Crippen LogP contribution in [-0.2, 0) is 11.8 Å². The van der Waals surface area contributed by atoms with Crippen molar-refractivity contribution in [1.82, 2.24) is 19.6 Å². The van der Waals surface area contributed by atoms with Crippen LogP contribution in [0, 0.1) is 0 Å². The van der Waals surface area contributed by atoms with Gasteiger partial charge in [-0.1, -0.05) is 0 Å². The molecule has 1 fully saturated rings. The maximum absolute atomic E-state index is 12.3. The summed E-state index contributed by atoms with van der Waals surface area (Å²) in [6.45, 7) is 1.42. The van der Waals surface area contributed by atoms with Crippen LogP contribution in [0.2, 0.25) is 0 Å². The number of rotatable bonds is 4. The van der Waals surface area contributed by atoms with E-state index >= 15 is 0 Å². The number of carbonyl (C=O) groups is 2. The SMILES string of the molecule is CN(C)C(=O)COc1cc(C(=O)N2CCSCC2)nn1C. The van der Waals surface area contributed by atoms with Crippen molar-refractivity contribution in [2.24, 2.45) is 7.05 Å². The summed E-state index contributed by atoms with van der Waals surface area (Å²) in [5.41, 5.74) is 0.358. The molecule has 0 radical (unpaired) electrons. The Labute approximate surface area is 128 Å². The van der Waals surface area contributed by atoms with Gasteiger partial charge in [0.05, 0.1) is 0 Å². The van der Waals surface area contributed by atoms with Gasteiger partial charge in [0.15, 0.2) is 12.3 Å². The highest BCUT2D eigenvalue weighted by Crippen LogP contribution is 2.16. The molecule has 0 saturated carbocycles. The van der Waals surface area contributed by atoms with E-state index in [4.69, 9.17) is 4.74 Å². The highest BCUT2D eigenvalue weighted by molar-refractivity contribution is 7.99. The van der Waals surface area contributed by atoms with Crippen LogP contribution in [0.3, 0.4) is 0 Å². The molecular weight excluding hydrogens is 292 g/mol. The van der Waals surface area contributed by atoms with E-state index in [0.29, 0.717) is 11.6 Å². The Morgan fingerprint density at radius 1 is 1.38 bits per heavy atom. The smallest absolute Gasteiger partial charge is 0.274 e. The Balaban J connectivity index is 2.01. The van der Waals surface area contributed by atoms with Crippen LogP contribution in [0.5, 0.6) is 5.88 Å². The molecule has 0 atom stereocenters. The average Bonchev–Trinajstić information content (AvgIpc) is 2.86. The quantitative estimate of drug-likeness (QED) is 0.787. The van der Waals surface area contributed by atoms with Crippen LogP contribution in [0.15, 0.2) is 6.07 Å². The fourth-order valence-corrected chi connectivity index (χ4v) is 2.79. The summed E-state index contributed by atoms with van der Waals surface area (Å²) < 4.78 is 6.89. The number of nitrogens with zero attached hydrogens (tertiary/aromatic N) is 4. The van der Waals surface area contributed by atoms with Gasteiger partial charge in [-0.2, -0.15) is 16.9 Å². The summed E-state index contributed by atoms with van der Waals surface area (Å²) in [5, 5.41) is 4.18. The number of thioether (sulfide) groups is 1. The Hall–Kier alpha value is -1.70. The predicted octanol–water partition coefficient (Wildman–Crippen LogP) is 0.0761. The van der Waals surface area contributed by atoms with E-state index in [1.807, 2.05) is 11.8 Å². The van der Waals surface area contributed by atoms with Gasteiger partial charge in [-0.05, 0) is 0 Å². The predicted molar refractivity (Wildman–Crippen MR) is 80.6 cm³/mol. The summed E-state index contributed by atoms with van der Waals surface area (Å²) in [7, 11) is 5.02. The summed E-state index contributed by atoms with van der Waals surface area (Å²) in [6.07, 6.45) is 0. The summed E-state index contributed by atoms with van der Waals surface area (Å²) in [6, 6.07) is 1.59. The lowest BCUT2D eigenvalue weighted by atomic mass is 10.3. The van der Waals surface area contributed by atoms with Crippen molar-refractivity contribution >= 4 is 23.6 Å². The van der Waals surface area contributed by atoms with Gasteiger partial charge in [0.2, 0.25) is 5.88 Å². The van der Waals surface area contributed by atoms with Crippen molar-refractivity contribution in [3.05, 3.63) is 11.8 Å². The van der Waals surface area contributed by atoms with Crippen LogP contribution in [-0.4, -0.2) is 76.7 Å². The molecule has 0 spiro atoms. The number of aryl methyl sites for hydroxylation is 1. The lowest BCUT2D eigenvalue weighted by molar-refractivity contribution is -0.130. The highest BCUT2D eigenvalue weighted by atomic mass is 32.2. The molecule has 116 valence electrons. The molecule has 2 rings (SSSR count). The molecule has 0 N–H and O–H groups in total. The van der Waals surface area contributed by atoms with Crippen LogP contribution >= 0.6 is 11.8 Å². The summed E-state index contributed by atoms with van der Waals surface area (Å²) >= 11 is 1.85. The lowest BCUT2D eigenvalue weighted by Gasteiger charge is -2.25. The molecule has 1 aliphatic rings. The number of amides is 2. The third kappa shape index (κ3) is 3.90. The van der Waals surface area contributed by atoms with Gasteiger partial charge >= 0.3 is 0 Å². The lowest BCUT2D eigenvalue weighted by Crippen LogP contribution is -2.38. The van der Waals surface area contributed by atoms with Gasteiger partial charge in [0.25, 0.3) is 11.8 Å². The van der Waals surface area contributed by atoms with Gasteiger partial charge in [-0.3, -0.25) is 9.59 Å². The first-order valence-corrected chi connectivity index (χ1v) is 7.88. The minimum Gasteiger partial charge on any atom is -0.468 e. The molecule has 1 aromatic heterocycles. The average molecular weight is 312 g/mol. The molecule has 0 unspecified atom stereocenters. The van der Waals surface area contributed by atoms with E-state index in [1.54, 1.807) is 32.1 Å². The van der Waals surface area contributed by atoms with Crippen molar-refractivity contribution < 1.29 is 14.3 Å². The molecule has 7 nitrogen and oxygen atoms in total. The van der Waals surface area contributed by atoms with E-state index in [2.05, 4.69) is 5.10 Å². The second-order valence-corrected chi connectivity index (χ2v) is 6.20. The van der Waals surface area contributed by atoms with Gasteiger partial charge in [-0.25, -0.2) is 4.68 Å². The fraction of sp³-hybridized carbons (Fsp3) is 0.615. The Kier molecular flexibility index (Phi) is 5.11. The van der Waals surface area contributed by atoms with Crippen LogP contribution < -0.4 is 4.74 Å². The molecule has 1 aliphatic heterocycles. The zero-order chi connectivity index (χ0) is 15.4. The summed E-state index contributed by atoms with van der Waals surface area (Å²) in [5.74, 6) is 2.11. The van der Waals surface area contributed by atoms with Crippen LogP contribution in [0.25, 0.3) is 0 Å². The maximum Gasteiger partial charge on any atom is 0.274 e. The molecule has 1 saturated heterocycles. The second kappa shape index (κ2) is 6.84. The minimum absolute atomic E-state index is 0.0689. The molecule has 8 heteroatoms. The third-order valence-corrected chi connectivity index (χ3v) is 4.14. The minimum atomic E-state index is -0.142. The Morgan fingerprint density at radius 3 is 2.67 bits per heavy atom. The molecule has 2 amide bonds. The number of aromatic nitrogens is 2. The zero-order valence-electron chi connectivity index (χ0n) is 12.5. The largest absolute Gasteiger partial charge is 0.468 e. The molecule has 21 heavy (non-hydrogen) atoms. The van der Waals surface area contributed by atoms with E-state index in [0.717, 1.165) is 24.6 Å². The van der Waals surface area contributed by atoms with E-state index < -0.39 is 0 Å². The van der Waals surface area contributed by atoms with Crippen molar-refractivity contribution in [1.29, 1.82) is 0 Å². The number of ether oxygens (including phenoxy) is 1. The Morgan fingerprint density at radius 2 is 2.05 bits per heavy atom. The second-order valence-electron chi connectivity index (χ2n) is 4.97. The first-order chi connectivity index (χ1) is 9.99. The number of hydrogen-bond acceptors (Lipinski definition) is 5. The molecule has 0 aromatic carbocycles. The van der Waals surface area contributed by atoms with Crippen LogP contribution in [0.4, 0.5) is 0 Å². The van der Waals surface area contributed by atoms with Crippen molar-refractivity contribution in [3.63, 3.8) is 0 Å². The van der Waals surface area contributed by atoms with E-state index in [9.17, 15) is 9.59 Å². The highest BCUT2D eigenvalue weighted by Gasteiger charge is 2.22. The van der Waals surface area contributed by atoms with Gasteiger partial charge in [0.1, 0.15) is 0 Å². The first-order valence-electron chi connectivity index (χ1n) is 6.73. The Bertz CT molecular complexity index is 523. The van der Waals surface area contributed by atoms with E-state index in [-0.39, 0.29) is 18.4 Å². The maximum atomic E-state index is 12.3. The molecule has 0 bridgehead atoms. The standard InChI is InChI=1S/C13H20N4O3S/c1-15(2)11(18)9-20-12-8-10(14-16(12)3)13(19)17-4-6-21-7-5-17/h8H,4-7,9H2,1-3H3. The number of carbonyl (C=O) groups excluding carboxylic acids is 2. The van der Waals surface area contributed by atoms with Crippen LogP contribution in [0.1, 0.15) is 10.5 Å². The van der Waals surface area contributed by atoms with Crippen molar-refractivity contribution in [2.75, 3.05) is 45.3 Å². The van der Waals surface area contributed by atoms with E-state index in [1.165, 1.54) is 9.58 Å². The van der Waals surface area contributed by atoms with Gasteiger partial charge < -0.3 is 14.5 Å². The monoisotopic (exact) mass is 312 g/mol. The normalized spacial score (nSPS) is 14.9. The zero-order valence-corrected chi connectivity index (χ0v) is 13.4. The molecule has 0 aliphatic carbocycles. The van der Waals surface area contributed by atoms with Crippen molar-refractivity contribution in [2.45, 2.75) is 0 Å². The topological polar surface area (TPSA) is 67.7 Å². The number of hydrogen-bond donors (Lipinski definition) is 0. The first kappa shape index (κ1) is 15.7. The van der Waals surface area contributed by atoms with Gasteiger partial charge in [-0.15, -0.1) is 0 Å². The number of likely N-dealkylation sites (N-methyl/N-ethyl adjacent to an activating group) is 1. The third-order valence-electron chi connectivity index (χ3n) is 3.20. The fourth-order valence-electron chi connectivity index (χ4n) is 1.88. The molecule has 2 heterocycles. The molecule has 1 aromatic rings.